The van der Waals surface area contributed by atoms with Crippen molar-refractivity contribution in [3.05, 3.63) is 52.5 Å². The summed E-state index contributed by atoms with van der Waals surface area (Å²) in [5, 5.41) is 3.37. The summed E-state index contributed by atoms with van der Waals surface area (Å²) in [7, 11) is 1.62. The van der Waals surface area contributed by atoms with Crippen molar-refractivity contribution in [2.75, 3.05) is 20.3 Å². The molecule has 0 fully saturated rings. The molecule has 2 aromatic carbocycles. The first kappa shape index (κ1) is 17.4. The SMILES string of the molecule is COc1ccc(CNC(=O)Cc2cc(Cl)c3c(c2)OCCCO3)cc1. The van der Waals surface area contributed by atoms with Gasteiger partial charge in [0.2, 0.25) is 5.91 Å². The van der Waals surface area contributed by atoms with E-state index in [-0.39, 0.29) is 12.3 Å². The van der Waals surface area contributed by atoms with Crippen LogP contribution in [-0.4, -0.2) is 26.2 Å². The second-order valence-electron chi connectivity index (χ2n) is 5.76. The molecule has 1 aliphatic heterocycles. The lowest BCUT2D eigenvalue weighted by Crippen LogP contribution is -2.24. The van der Waals surface area contributed by atoms with E-state index in [4.69, 9.17) is 25.8 Å². The summed E-state index contributed by atoms with van der Waals surface area (Å²) in [6, 6.07) is 11.1. The van der Waals surface area contributed by atoms with E-state index in [1.807, 2.05) is 30.3 Å². The maximum absolute atomic E-state index is 12.2. The van der Waals surface area contributed by atoms with Gasteiger partial charge in [0.15, 0.2) is 11.5 Å². The van der Waals surface area contributed by atoms with Gasteiger partial charge in [-0.2, -0.15) is 0 Å². The lowest BCUT2D eigenvalue weighted by atomic mass is 10.1. The summed E-state index contributed by atoms with van der Waals surface area (Å²) >= 11 is 6.26. The molecule has 3 rings (SSSR count). The minimum atomic E-state index is -0.0821. The summed E-state index contributed by atoms with van der Waals surface area (Å²) < 4.78 is 16.4. The fourth-order valence-electron chi connectivity index (χ4n) is 2.58. The van der Waals surface area contributed by atoms with Crippen molar-refractivity contribution in [2.24, 2.45) is 0 Å². The van der Waals surface area contributed by atoms with Crippen LogP contribution in [0, 0.1) is 0 Å². The van der Waals surface area contributed by atoms with Gasteiger partial charge in [-0.25, -0.2) is 0 Å². The van der Waals surface area contributed by atoms with Gasteiger partial charge < -0.3 is 19.5 Å². The van der Waals surface area contributed by atoms with Crippen molar-refractivity contribution in [2.45, 2.75) is 19.4 Å². The van der Waals surface area contributed by atoms with Crippen LogP contribution < -0.4 is 19.5 Å². The molecule has 5 nitrogen and oxygen atoms in total. The summed E-state index contributed by atoms with van der Waals surface area (Å²) in [5.41, 5.74) is 1.80. The van der Waals surface area contributed by atoms with Gasteiger partial charge in [-0.05, 0) is 35.4 Å². The van der Waals surface area contributed by atoms with E-state index >= 15 is 0 Å². The third-order valence-corrected chi connectivity index (χ3v) is 4.16. The molecular weight excluding hydrogens is 342 g/mol. The highest BCUT2D eigenvalue weighted by atomic mass is 35.5. The molecular formula is C19H20ClNO4. The highest BCUT2D eigenvalue weighted by Crippen LogP contribution is 2.38. The van der Waals surface area contributed by atoms with Crippen molar-refractivity contribution in [3.63, 3.8) is 0 Å². The Morgan fingerprint density at radius 2 is 1.92 bits per heavy atom. The Bertz CT molecular complexity index is 746. The number of hydrogen-bond donors (Lipinski definition) is 1. The molecule has 0 aliphatic carbocycles. The number of halogens is 1. The molecule has 25 heavy (non-hydrogen) atoms. The van der Waals surface area contributed by atoms with E-state index in [9.17, 15) is 4.79 Å². The first-order chi connectivity index (χ1) is 12.2. The van der Waals surface area contributed by atoms with Gasteiger partial charge in [-0.15, -0.1) is 0 Å². The molecule has 0 saturated carbocycles. The van der Waals surface area contributed by atoms with E-state index in [0.717, 1.165) is 23.3 Å². The lowest BCUT2D eigenvalue weighted by Gasteiger charge is -2.12. The number of methoxy groups -OCH3 is 1. The van der Waals surface area contributed by atoms with Gasteiger partial charge in [-0.3, -0.25) is 4.79 Å². The minimum absolute atomic E-state index is 0.0821. The van der Waals surface area contributed by atoms with Crippen molar-refractivity contribution in [3.8, 4) is 17.2 Å². The Labute approximate surface area is 151 Å². The van der Waals surface area contributed by atoms with Gasteiger partial charge in [0.25, 0.3) is 0 Å². The molecule has 0 bridgehead atoms. The molecule has 1 amide bonds. The quantitative estimate of drug-likeness (QED) is 0.887. The summed E-state index contributed by atoms with van der Waals surface area (Å²) in [6.07, 6.45) is 1.04. The summed E-state index contributed by atoms with van der Waals surface area (Å²) in [4.78, 5) is 12.2. The Morgan fingerprint density at radius 1 is 1.16 bits per heavy atom. The van der Waals surface area contributed by atoms with Gasteiger partial charge in [0.1, 0.15) is 5.75 Å². The zero-order chi connectivity index (χ0) is 17.6. The zero-order valence-electron chi connectivity index (χ0n) is 14.0. The number of nitrogens with one attached hydrogen (secondary N) is 1. The molecule has 132 valence electrons. The van der Waals surface area contributed by atoms with Crippen molar-refractivity contribution in [1.82, 2.24) is 5.32 Å². The van der Waals surface area contributed by atoms with Gasteiger partial charge in [0.05, 0.1) is 31.8 Å². The van der Waals surface area contributed by atoms with E-state index < -0.39 is 0 Å². The highest BCUT2D eigenvalue weighted by molar-refractivity contribution is 6.32. The van der Waals surface area contributed by atoms with Crippen LogP contribution in [0.1, 0.15) is 17.5 Å². The maximum atomic E-state index is 12.2. The van der Waals surface area contributed by atoms with Gasteiger partial charge >= 0.3 is 0 Å². The van der Waals surface area contributed by atoms with Crippen LogP contribution >= 0.6 is 11.6 Å². The highest BCUT2D eigenvalue weighted by Gasteiger charge is 2.16. The topological polar surface area (TPSA) is 56.8 Å². The second kappa shape index (κ2) is 8.12. The smallest absolute Gasteiger partial charge is 0.224 e. The minimum Gasteiger partial charge on any atom is -0.497 e. The molecule has 0 radical (unpaired) electrons. The molecule has 2 aromatic rings. The second-order valence-corrected chi connectivity index (χ2v) is 6.16. The van der Waals surface area contributed by atoms with Crippen molar-refractivity contribution < 1.29 is 19.0 Å². The molecule has 0 saturated heterocycles. The van der Waals surface area contributed by atoms with Crippen LogP contribution in [0.2, 0.25) is 5.02 Å². The third-order valence-electron chi connectivity index (χ3n) is 3.88. The van der Waals surface area contributed by atoms with Crippen LogP contribution in [0.3, 0.4) is 0 Å². The number of rotatable bonds is 5. The summed E-state index contributed by atoms with van der Waals surface area (Å²) in [5.74, 6) is 1.86. The van der Waals surface area contributed by atoms with Crippen molar-refractivity contribution >= 4 is 17.5 Å². The van der Waals surface area contributed by atoms with E-state index in [1.165, 1.54) is 0 Å². The third kappa shape index (κ3) is 4.57. The zero-order valence-corrected chi connectivity index (χ0v) is 14.8. The number of ether oxygens (including phenoxy) is 3. The number of fused-ring (bicyclic) bond motifs is 1. The lowest BCUT2D eigenvalue weighted by molar-refractivity contribution is -0.120. The van der Waals surface area contributed by atoms with Crippen LogP contribution in [0.15, 0.2) is 36.4 Å². The Morgan fingerprint density at radius 3 is 2.68 bits per heavy atom. The number of hydrogen-bond acceptors (Lipinski definition) is 4. The molecule has 0 spiro atoms. The van der Waals surface area contributed by atoms with Gasteiger partial charge in [0, 0.05) is 13.0 Å². The fraction of sp³-hybridized carbons (Fsp3) is 0.316. The predicted molar refractivity (Wildman–Crippen MR) is 95.6 cm³/mol. The average Bonchev–Trinajstić information content (AvgIpc) is 2.86. The molecule has 6 heteroatoms. The standard InChI is InChI=1S/C19H20ClNO4/c1-23-15-5-3-13(4-6-15)12-21-18(22)11-14-9-16(20)19-17(10-14)24-7-2-8-25-19/h3-6,9-10H,2,7-8,11-12H2,1H3,(H,21,22). The number of benzene rings is 2. The van der Waals surface area contributed by atoms with E-state index in [0.29, 0.717) is 36.3 Å². The van der Waals surface area contributed by atoms with Gasteiger partial charge in [-0.1, -0.05) is 23.7 Å². The average molecular weight is 362 g/mol. The Hall–Kier alpha value is -2.40. The van der Waals surface area contributed by atoms with Crippen LogP contribution in [0.5, 0.6) is 17.2 Å². The van der Waals surface area contributed by atoms with Crippen LogP contribution in [0.25, 0.3) is 0 Å². The Kier molecular flexibility index (Phi) is 5.66. The Balaban J connectivity index is 1.60. The first-order valence-corrected chi connectivity index (χ1v) is 8.51. The monoisotopic (exact) mass is 361 g/mol. The van der Waals surface area contributed by atoms with Crippen LogP contribution in [-0.2, 0) is 17.8 Å². The first-order valence-electron chi connectivity index (χ1n) is 8.13. The molecule has 1 aliphatic rings. The molecule has 1 N–H and O–H groups in total. The molecule has 0 unspecified atom stereocenters. The maximum Gasteiger partial charge on any atom is 0.224 e. The molecule has 1 heterocycles. The van der Waals surface area contributed by atoms with E-state index in [1.54, 1.807) is 13.2 Å². The summed E-state index contributed by atoms with van der Waals surface area (Å²) in [6.45, 7) is 1.62. The normalized spacial score (nSPS) is 13.0. The largest absolute Gasteiger partial charge is 0.497 e. The van der Waals surface area contributed by atoms with Crippen molar-refractivity contribution in [1.29, 1.82) is 0 Å². The van der Waals surface area contributed by atoms with E-state index in [2.05, 4.69) is 5.32 Å². The van der Waals surface area contributed by atoms with Crippen LogP contribution in [0.4, 0.5) is 0 Å². The number of carbonyl (C=O) groups is 1. The molecule has 0 atom stereocenters. The fourth-order valence-corrected chi connectivity index (χ4v) is 2.87. The predicted octanol–water partition coefficient (Wildman–Crippen LogP) is 3.37. The molecule has 0 aromatic heterocycles. The number of amides is 1. The number of carbonyl (C=O) groups excluding carboxylic acids is 1.